The van der Waals surface area contributed by atoms with E-state index >= 15 is 0 Å². The maximum atomic E-state index is 12.0. The van der Waals surface area contributed by atoms with E-state index in [1.165, 1.54) is 6.20 Å². The van der Waals surface area contributed by atoms with E-state index in [-0.39, 0.29) is 21.8 Å². The second kappa shape index (κ2) is 5.67. The normalized spacial score (nSPS) is 10.1. The number of carbonyl (C=O) groups excluding carboxylic acids is 1. The number of aromatic carboxylic acids is 1. The highest BCUT2D eigenvalue weighted by molar-refractivity contribution is 7.13. The second-order valence-electron chi connectivity index (χ2n) is 3.99. The molecule has 0 bridgehead atoms. The van der Waals surface area contributed by atoms with Gasteiger partial charge in [0.2, 0.25) is 0 Å². The highest BCUT2D eigenvalue weighted by atomic mass is 32.1. The third kappa shape index (κ3) is 3.20. The average Bonchev–Trinajstić information content (AvgIpc) is 2.85. The Morgan fingerprint density at radius 3 is 2.67 bits per heavy atom. The fourth-order valence-corrected chi connectivity index (χ4v) is 2.26. The molecule has 0 aliphatic carbocycles. The number of carbonyl (C=O) groups is 2. The number of nitrogens with zero attached hydrogens (tertiary/aromatic N) is 2. The van der Waals surface area contributed by atoms with Crippen molar-refractivity contribution in [2.24, 2.45) is 0 Å². The van der Waals surface area contributed by atoms with Crippen LogP contribution in [0.3, 0.4) is 0 Å². The van der Waals surface area contributed by atoms with Crippen molar-refractivity contribution in [3.8, 4) is 0 Å². The number of nitro benzene ring substituents is 1. The van der Waals surface area contributed by atoms with Crippen molar-refractivity contribution >= 4 is 34.6 Å². The van der Waals surface area contributed by atoms with Crippen LogP contribution in [-0.2, 0) is 0 Å². The smallest absolute Gasteiger partial charge is 0.337 e. The van der Waals surface area contributed by atoms with Gasteiger partial charge in [-0.05, 0) is 13.0 Å². The molecule has 0 radical (unpaired) electrons. The fraction of sp³-hybridized carbons (Fsp3) is 0.0833. The number of nitrogens with one attached hydrogen (secondary N) is 1. The summed E-state index contributed by atoms with van der Waals surface area (Å²) in [5.41, 5.74) is -0.668. The van der Waals surface area contributed by atoms with Gasteiger partial charge in [-0.1, -0.05) is 0 Å². The minimum absolute atomic E-state index is 0.132. The lowest BCUT2D eigenvalue weighted by molar-refractivity contribution is -0.384. The number of hydrogen-bond donors (Lipinski definition) is 2. The van der Waals surface area contributed by atoms with Gasteiger partial charge >= 0.3 is 5.97 Å². The predicted molar refractivity (Wildman–Crippen MR) is 74.9 cm³/mol. The first kappa shape index (κ1) is 14.6. The first-order chi connectivity index (χ1) is 9.88. The van der Waals surface area contributed by atoms with E-state index in [0.717, 1.165) is 29.5 Å². The number of anilines is 1. The lowest BCUT2D eigenvalue weighted by atomic mass is 10.1. The number of benzene rings is 1. The number of thiazole rings is 1. The van der Waals surface area contributed by atoms with E-state index in [2.05, 4.69) is 10.3 Å². The van der Waals surface area contributed by atoms with Gasteiger partial charge in [0, 0.05) is 12.1 Å². The minimum atomic E-state index is -1.29. The van der Waals surface area contributed by atoms with Crippen LogP contribution >= 0.6 is 11.3 Å². The third-order valence-corrected chi connectivity index (χ3v) is 3.45. The maximum absolute atomic E-state index is 12.0. The number of aromatic nitrogens is 1. The van der Waals surface area contributed by atoms with Gasteiger partial charge in [-0.2, -0.15) is 0 Å². The molecular weight excluding hydrogens is 298 g/mol. The Kier molecular flexibility index (Phi) is 3.94. The van der Waals surface area contributed by atoms with Crippen LogP contribution in [-0.4, -0.2) is 26.9 Å². The van der Waals surface area contributed by atoms with Crippen LogP contribution < -0.4 is 5.32 Å². The van der Waals surface area contributed by atoms with Gasteiger partial charge in [-0.3, -0.25) is 14.9 Å². The van der Waals surface area contributed by atoms with Gasteiger partial charge in [0.25, 0.3) is 11.6 Å². The van der Waals surface area contributed by atoms with Gasteiger partial charge in [0.15, 0.2) is 0 Å². The Labute approximate surface area is 122 Å². The molecule has 1 aromatic heterocycles. The Morgan fingerprint density at radius 1 is 1.43 bits per heavy atom. The predicted octanol–water partition coefficient (Wildman–Crippen LogP) is 2.31. The molecule has 0 spiro atoms. The van der Waals surface area contributed by atoms with E-state index in [9.17, 15) is 19.7 Å². The molecule has 0 aliphatic heterocycles. The Bertz CT molecular complexity index is 740. The topological polar surface area (TPSA) is 122 Å². The SMILES string of the molecule is Cc1ncc(C(=O)Nc2cc([N+](=O)[O-])ccc2C(=O)O)s1. The van der Waals surface area contributed by atoms with Crippen LogP contribution in [0.2, 0.25) is 0 Å². The summed E-state index contributed by atoms with van der Waals surface area (Å²) < 4.78 is 0. The Hall–Kier alpha value is -2.81. The molecule has 0 fully saturated rings. The number of carboxylic acids is 1. The van der Waals surface area contributed by atoms with Crippen LogP contribution in [0.1, 0.15) is 25.0 Å². The van der Waals surface area contributed by atoms with E-state index in [4.69, 9.17) is 5.11 Å². The minimum Gasteiger partial charge on any atom is -0.478 e. The average molecular weight is 307 g/mol. The highest BCUT2D eigenvalue weighted by Gasteiger charge is 2.18. The molecule has 0 saturated heterocycles. The molecule has 21 heavy (non-hydrogen) atoms. The summed E-state index contributed by atoms with van der Waals surface area (Å²) in [6, 6.07) is 3.15. The molecule has 1 heterocycles. The second-order valence-corrected chi connectivity index (χ2v) is 5.22. The summed E-state index contributed by atoms with van der Waals surface area (Å²) in [5, 5.41) is 22.8. The summed E-state index contributed by atoms with van der Waals surface area (Å²) in [6.07, 6.45) is 1.35. The molecule has 1 aromatic carbocycles. The van der Waals surface area contributed by atoms with Gasteiger partial charge in [0.1, 0.15) is 4.88 Å². The molecule has 108 valence electrons. The Balaban J connectivity index is 2.37. The molecule has 0 atom stereocenters. The van der Waals surface area contributed by atoms with E-state index in [0.29, 0.717) is 5.01 Å². The van der Waals surface area contributed by atoms with E-state index in [1.807, 2.05) is 0 Å². The van der Waals surface area contributed by atoms with Crippen molar-refractivity contribution in [1.82, 2.24) is 4.98 Å². The van der Waals surface area contributed by atoms with Crippen molar-refractivity contribution in [1.29, 1.82) is 0 Å². The van der Waals surface area contributed by atoms with Gasteiger partial charge in [0.05, 0.1) is 27.4 Å². The highest BCUT2D eigenvalue weighted by Crippen LogP contribution is 2.24. The summed E-state index contributed by atoms with van der Waals surface area (Å²) in [7, 11) is 0. The fourth-order valence-electron chi connectivity index (χ4n) is 1.59. The first-order valence-electron chi connectivity index (χ1n) is 5.64. The Morgan fingerprint density at radius 2 is 2.14 bits per heavy atom. The standard InChI is InChI=1S/C12H9N3O5S/c1-6-13-5-10(21-6)11(16)14-9-4-7(15(19)20)2-3-8(9)12(17)18/h2-5H,1H3,(H,14,16)(H,17,18). The molecule has 0 unspecified atom stereocenters. The zero-order valence-electron chi connectivity index (χ0n) is 10.7. The molecule has 2 aromatic rings. The number of aryl methyl sites for hydroxylation is 1. The third-order valence-electron chi connectivity index (χ3n) is 2.54. The molecule has 1 amide bonds. The van der Waals surface area contributed by atoms with E-state index in [1.54, 1.807) is 6.92 Å². The van der Waals surface area contributed by atoms with Crippen molar-refractivity contribution in [2.45, 2.75) is 6.92 Å². The molecule has 9 heteroatoms. The van der Waals surface area contributed by atoms with Crippen molar-refractivity contribution in [3.63, 3.8) is 0 Å². The molecule has 0 aliphatic rings. The van der Waals surface area contributed by atoms with Crippen molar-refractivity contribution < 1.29 is 19.6 Å². The van der Waals surface area contributed by atoms with Crippen molar-refractivity contribution in [3.05, 3.63) is 50.0 Å². The number of nitro groups is 1. The monoisotopic (exact) mass is 307 g/mol. The molecule has 0 saturated carbocycles. The molecule has 2 N–H and O–H groups in total. The van der Waals surface area contributed by atoms with Gasteiger partial charge in [-0.15, -0.1) is 11.3 Å². The van der Waals surface area contributed by atoms with Crippen molar-refractivity contribution in [2.75, 3.05) is 5.32 Å². The zero-order valence-corrected chi connectivity index (χ0v) is 11.5. The van der Waals surface area contributed by atoms with Gasteiger partial charge < -0.3 is 10.4 Å². The zero-order chi connectivity index (χ0) is 15.6. The number of amides is 1. The summed E-state index contributed by atoms with van der Waals surface area (Å²) >= 11 is 1.14. The number of hydrogen-bond acceptors (Lipinski definition) is 6. The lowest BCUT2D eigenvalue weighted by Crippen LogP contribution is -2.14. The van der Waals surface area contributed by atoms with Crippen LogP contribution in [0.15, 0.2) is 24.4 Å². The molecule has 8 nitrogen and oxygen atoms in total. The van der Waals surface area contributed by atoms with Crippen LogP contribution in [0.5, 0.6) is 0 Å². The largest absolute Gasteiger partial charge is 0.478 e. The number of carboxylic acid groups (broad SMARTS) is 1. The number of non-ortho nitro benzene ring substituents is 1. The first-order valence-corrected chi connectivity index (χ1v) is 6.45. The lowest BCUT2D eigenvalue weighted by Gasteiger charge is -2.07. The molecule has 2 rings (SSSR count). The van der Waals surface area contributed by atoms with E-state index < -0.39 is 16.8 Å². The van der Waals surface area contributed by atoms with Crippen LogP contribution in [0, 0.1) is 17.0 Å². The summed E-state index contributed by atoms with van der Waals surface area (Å²) in [4.78, 5) is 37.3. The number of rotatable bonds is 4. The van der Waals surface area contributed by atoms with Crippen LogP contribution in [0.25, 0.3) is 0 Å². The quantitative estimate of drug-likeness (QED) is 0.660. The maximum Gasteiger partial charge on any atom is 0.337 e. The molecular formula is C12H9N3O5S. The van der Waals surface area contributed by atoms with Gasteiger partial charge in [-0.25, -0.2) is 9.78 Å². The van der Waals surface area contributed by atoms with Crippen LogP contribution in [0.4, 0.5) is 11.4 Å². The summed E-state index contributed by atoms with van der Waals surface area (Å²) in [6.45, 7) is 1.72. The summed E-state index contributed by atoms with van der Waals surface area (Å²) in [5.74, 6) is -1.86.